The van der Waals surface area contributed by atoms with Gasteiger partial charge in [-0.2, -0.15) is 13.2 Å². The summed E-state index contributed by atoms with van der Waals surface area (Å²) in [7, 11) is 1.74. The first-order valence-electron chi connectivity index (χ1n) is 5.78. The van der Waals surface area contributed by atoms with Crippen LogP contribution in [0.4, 0.5) is 22.0 Å². The van der Waals surface area contributed by atoms with Crippen LogP contribution in [0.2, 0.25) is 0 Å². The van der Waals surface area contributed by atoms with E-state index < -0.39 is 59.2 Å². The molecule has 11 heteroatoms. The summed E-state index contributed by atoms with van der Waals surface area (Å²) in [6.07, 6.45) is -8.89. The molecule has 23 heavy (non-hydrogen) atoms. The molecule has 0 aliphatic carbocycles. The fraction of sp³-hybridized carbons (Fsp3) is 0.417. The molecule has 0 aliphatic heterocycles. The summed E-state index contributed by atoms with van der Waals surface area (Å²) in [4.78, 5) is 25.5. The fourth-order valence-corrected chi connectivity index (χ4v) is 1.87. The molecule has 0 unspecified atom stereocenters. The second kappa shape index (κ2) is 6.86. The van der Waals surface area contributed by atoms with Crippen molar-refractivity contribution in [3.63, 3.8) is 0 Å². The Morgan fingerprint density at radius 2 is 1.78 bits per heavy atom. The van der Waals surface area contributed by atoms with Gasteiger partial charge in [0.05, 0.1) is 24.8 Å². The predicted molar refractivity (Wildman–Crippen MR) is 63.2 cm³/mol. The van der Waals surface area contributed by atoms with E-state index in [-0.39, 0.29) is 0 Å². The summed E-state index contributed by atoms with van der Waals surface area (Å²) in [5.74, 6) is -3.54. The first-order valence-corrected chi connectivity index (χ1v) is 5.78. The number of halogens is 5. The van der Waals surface area contributed by atoms with Gasteiger partial charge in [0.25, 0.3) is 6.43 Å². The molecule has 0 amide bonds. The molecule has 1 aromatic heterocycles. The number of carboxylic acids is 1. The molecule has 0 bridgehead atoms. The zero-order valence-corrected chi connectivity index (χ0v) is 11.7. The average molecular weight is 343 g/mol. The Balaban J connectivity index is 4.00. The van der Waals surface area contributed by atoms with Gasteiger partial charge < -0.3 is 14.6 Å². The second-order valence-corrected chi connectivity index (χ2v) is 4.10. The van der Waals surface area contributed by atoms with Gasteiger partial charge >= 0.3 is 18.1 Å². The van der Waals surface area contributed by atoms with Crippen LogP contribution in [0.1, 0.15) is 44.1 Å². The maximum Gasteiger partial charge on any atom is 0.434 e. The van der Waals surface area contributed by atoms with E-state index in [4.69, 9.17) is 5.11 Å². The van der Waals surface area contributed by atoms with Gasteiger partial charge in [0.2, 0.25) is 0 Å². The van der Waals surface area contributed by atoms with E-state index in [2.05, 4.69) is 14.5 Å². The van der Waals surface area contributed by atoms with Crippen LogP contribution in [0.15, 0.2) is 0 Å². The lowest BCUT2D eigenvalue weighted by molar-refractivity contribution is -0.142. The minimum absolute atomic E-state index is 0.751. The van der Waals surface area contributed by atoms with Gasteiger partial charge in [-0.3, -0.25) is 0 Å². The number of hydrogen-bond donors (Lipinski definition) is 1. The van der Waals surface area contributed by atoms with E-state index >= 15 is 0 Å². The highest BCUT2D eigenvalue weighted by atomic mass is 19.4. The van der Waals surface area contributed by atoms with Gasteiger partial charge in [-0.15, -0.1) is 0 Å². The number of carbonyl (C=O) groups is 2. The smallest absolute Gasteiger partial charge is 0.434 e. The quantitative estimate of drug-likeness (QED) is 0.653. The van der Waals surface area contributed by atoms with Crippen LogP contribution in [0.25, 0.3) is 0 Å². The summed E-state index contributed by atoms with van der Waals surface area (Å²) in [5.41, 5.74) is -6.95. The number of ether oxygens (including phenoxy) is 2. The maximum atomic E-state index is 13.0. The number of aromatic nitrogens is 1. The Morgan fingerprint density at radius 3 is 2.13 bits per heavy atom. The molecular weight excluding hydrogens is 333 g/mol. The minimum atomic E-state index is -5.29. The molecule has 128 valence electrons. The Labute approximate surface area is 125 Å². The number of carboxylic acid groups (broad SMARTS) is 1. The molecule has 1 N–H and O–H groups in total. The van der Waals surface area contributed by atoms with Gasteiger partial charge in [0.1, 0.15) is 5.69 Å². The Kier molecular flexibility index (Phi) is 5.59. The van der Waals surface area contributed by atoms with Gasteiger partial charge in [0, 0.05) is 12.7 Å². The highest BCUT2D eigenvalue weighted by Gasteiger charge is 2.42. The molecule has 0 aromatic carbocycles. The number of methoxy groups -OCH3 is 2. The molecule has 0 aliphatic rings. The molecule has 0 saturated carbocycles. The minimum Gasteiger partial charge on any atom is -0.478 e. The zero-order valence-electron chi connectivity index (χ0n) is 11.7. The summed E-state index contributed by atoms with van der Waals surface area (Å²) in [6.45, 7) is -0.836. The molecule has 6 nitrogen and oxygen atoms in total. The van der Waals surface area contributed by atoms with E-state index in [0.717, 1.165) is 14.2 Å². The molecule has 1 aromatic rings. The van der Waals surface area contributed by atoms with Gasteiger partial charge in [0.15, 0.2) is 5.69 Å². The number of alkyl halides is 5. The maximum absolute atomic E-state index is 13.0. The molecule has 1 rings (SSSR count). The highest BCUT2D eigenvalue weighted by molar-refractivity contribution is 5.99. The third-order valence-corrected chi connectivity index (χ3v) is 2.70. The van der Waals surface area contributed by atoms with Crippen molar-refractivity contribution in [2.45, 2.75) is 19.2 Å². The Bertz CT molecular complexity index is 629. The predicted octanol–water partition coefficient (Wildman–Crippen LogP) is 2.67. The van der Waals surface area contributed by atoms with Crippen molar-refractivity contribution in [2.24, 2.45) is 0 Å². The van der Waals surface area contributed by atoms with Gasteiger partial charge in [-0.25, -0.2) is 23.4 Å². The summed E-state index contributed by atoms with van der Waals surface area (Å²) in [5, 5.41) is 9.03. The fourth-order valence-electron chi connectivity index (χ4n) is 1.87. The number of carbonyl (C=O) groups excluding carboxylic acids is 1. The number of pyridine rings is 1. The lowest BCUT2D eigenvalue weighted by atomic mass is 9.98. The van der Waals surface area contributed by atoms with Crippen LogP contribution in [0, 0.1) is 0 Å². The van der Waals surface area contributed by atoms with E-state index in [1.54, 1.807) is 0 Å². The zero-order chi connectivity index (χ0) is 17.9. The van der Waals surface area contributed by atoms with Gasteiger partial charge in [-0.05, 0) is 0 Å². The van der Waals surface area contributed by atoms with Crippen LogP contribution in [-0.2, 0) is 22.3 Å². The monoisotopic (exact) mass is 343 g/mol. The molecule has 0 radical (unpaired) electrons. The Morgan fingerprint density at radius 1 is 1.22 bits per heavy atom. The number of rotatable bonds is 5. The SMILES string of the molecule is COCc1c(C(=O)O)c(C(F)F)nc(C(F)(F)F)c1C(=O)OC. The Hall–Kier alpha value is -2.30. The van der Waals surface area contributed by atoms with E-state index in [0.29, 0.717) is 0 Å². The molecule has 0 saturated heterocycles. The van der Waals surface area contributed by atoms with Crippen molar-refractivity contribution in [1.29, 1.82) is 0 Å². The number of nitrogens with zero attached hydrogens (tertiary/aromatic N) is 1. The second-order valence-electron chi connectivity index (χ2n) is 4.10. The van der Waals surface area contributed by atoms with Crippen molar-refractivity contribution in [3.05, 3.63) is 28.1 Å². The number of esters is 1. The summed E-state index contributed by atoms with van der Waals surface area (Å²) in [6, 6.07) is 0. The van der Waals surface area contributed by atoms with E-state index in [1.807, 2.05) is 0 Å². The van der Waals surface area contributed by atoms with E-state index in [1.165, 1.54) is 0 Å². The lowest BCUT2D eigenvalue weighted by Crippen LogP contribution is -2.24. The van der Waals surface area contributed by atoms with Crippen LogP contribution in [0.5, 0.6) is 0 Å². The summed E-state index contributed by atoms with van der Waals surface area (Å²) >= 11 is 0. The van der Waals surface area contributed by atoms with Crippen molar-refractivity contribution >= 4 is 11.9 Å². The van der Waals surface area contributed by atoms with Crippen molar-refractivity contribution in [1.82, 2.24) is 4.98 Å². The first-order chi connectivity index (χ1) is 10.6. The molecule has 1 heterocycles. The molecule has 0 fully saturated rings. The topological polar surface area (TPSA) is 85.7 Å². The number of aromatic carboxylic acids is 1. The lowest BCUT2D eigenvalue weighted by Gasteiger charge is -2.19. The average Bonchev–Trinajstić information content (AvgIpc) is 2.44. The largest absolute Gasteiger partial charge is 0.478 e. The molecule has 0 atom stereocenters. The van der Waals surface area contributed by atoms with Gasteiger partial charge in [-0.1, -0.05) is 0 Å². The van der Waals surface area contributed by atoms with Crippen molar-refractivity contribution < 1.29 is 46.1 Å². The third-order valence-electron chi connectivity index (χ3n) is 2.70. The van der Waals surface area contributed by atoms with Crippen LogP contribution in [-0.4, -0.2) is 36.2 Å². The standard InChI is InChI=1S/C12H10F5NO5/c1-22-3-4-5(10(19)20)7(9(13)14)18-8(12(15,16)17)6(4)11(21)23-2/h9H,3H2,1-2H3,(H,19,20). The normalized spacial score (nSPS) is 11.7. The highest BCUT2D eigenvalue weighted by Crippen LogP contribution is 2.37. The van der Waals surface area contributed by atoms with Crippen molar-refractivity contribution in [2.75, 3.05) is 14.2 Å². The molecule has 0 spiro atoms. The molecular formula is C12H10F5NO5. The van der Waals surface area contributed by atoms with Crippen LogP contribution < -0.4 is 0 Å². The third kappa shape index (κ3) is 3.73. The van der Waals surface area contributed by atoms with Crippen LogP contribution in [0.3, 0.4) is 0 Å². The summed E-state index contributed by atoms with van der Waals surface area (Å²) < 4.78 is 73.7. The first kappa shape index (κ1) is 18.7. The number of hydrogen-bond acceptors (Lipinski definition) is 5. The van der Waals surface area contributed by atoms with Crippen LogP contribution >= 0.6 is 0 Å². The van der Waals surface area contributed by atoms with Crippen molar-refractivity contribution in [3.8, 4) is 0 Å². The van der Waals surface area contributed by atoms with E-state index in [9.17, 15) is 31.5 Å².